The van der Waals surface area contributed by atoms with E-state index in [1.165, 1.54) is 10.5 Å². The standard InChI is InChI=1S/C19H22N2O.C11H11ClN2O4/c1-14-12-16(9-10-17(14)13-20)19(22)21-11-5-4-7-15-6-2-3-8-18(15)21;12-7-2-1-3-8-10(7)14(11(17)18)6-9(16)13(8)4-5-15/h2-3,6,8-10,12H,4-5,7,11,13,20H2,1H3;1-3,15H,4-6H2,(H,17,18). The van der Waals surface area contributed by atoms with Gasteiger partial charge in [-0.05, 0) is 73.2 Å². The van der Waals surface area contributed by atoms with Crippen LogP contribution in [0.4, 0.5) is 21.9 Å². The summed E-state index contributed by atoms with van der Waals surface area (Å²) in [4.78, 5) is 40.1. The van der Waals surface area contributed by atoms with Gasteiger partial charge in [0.05, 0.1) is 23.0 Å². The summed E-state index contributed by atoms with van der Waals surface area (Å²) in [7, 11) is 0. The van der Waals surface area contributed by atoms with Crippen LogP contribution in [0.1, 0.15) is 39.9 Å². The van der Waals surface area contributed by atoms with Crippen LogP contribution in [-0.2, 0) is 17.8 Å². The molecule has 0 atom stereocenters. The maximum Gasteiger partial charge on any atom is 0.412 e. The molecule has 0 radical (unpaired) electrons. The average Bonchev–Trinajstić information content (AvgIpc) is 3.17. The topological polar surface area (TPSA) is 127 Å². The monoisotopic (exact) mass is 564 g/mol. The summed E-state index contributed by atoms with van der Waals surface area (Å²) in [5.74, 6) is -0.303. The molecule has 3 aromatic carbocycles. The van der Waals surface area contributed by atoms with E-state index in [1.807, 2.05) is 42.2 Å². The van der Waals surface area contributed by atoms with E-state index in [0.29, 0.717) is 12.2 Å². The van der Waals surface area contributed by atoms with Gasteiger partial charge in [0.1, 0.15) is 6.54 Å². The maximum absolute atomic E-state index is 13.0. The number of rotatable bonds is 4. The summed E-state index contributed by atoms with van der Waals surface area (Å²) < 4.78 is 0. The number of carboxylic acid groups (broad SMARTS) is 1. The number of para-hydroxylation sites is 2. The molecule has 3 aromatic rings. The minimum atomic E-state index is -1.23. The molecule has 2 aliphatic heterocycles. The van der Waals surface area contributed by atoms with Crippen molar-refractivity contribution >= 4 is 46.6 Å². The fourth-order valence-corrected chi connectivity index (χ4v) is 5.32. The van der Waals surface area contributed by atoms with Crippen LogP contribution in [0, 0.1) is 6.92 Å². The van der Waals surface area contributed by atoms with Crippen LogP contribution in [0.15, 0.2) is 60.7 Å². The molecule has 10 heteroatoms. The summed E-state index contributed by atoms with van der Waals surface area (Å²) in [5.41, 5.74) is 11.6. The third kappa shape index (κ3) is 6.12. The second-order valence-corrected chi connectivity index (χ2v) is 10.0. The molecule has 2 heterocycles. The van der Waals surface area contributed by atoms with E-state index < -0.39 is 6.09 Å². The molecule has 0 saturated carbocycles. The van der Waals surface area contributed by atoms with E-state index in [1.54, 1.807) is 18.2 Å². The first-order valence-electron chi connectivity index (χ1n) is 13.2. The molecule has 40 heavy (non-hydrogen) atoms. The molecule has 9 nitrogen and oxygen atoms in total. The number of anilines is 3. The van der Waals surface area contributed by atoms with Gasteiger partial charge in [-0.25, -0.2) is 4.79 Å². The number of aryl methyl sites for hydroxylation is 2. The van der Waals surface area contributed by atoms with E-state index >= 15 is 0 Å². The number of amides is 3. The number of benzene rings is 3. The van der Waals surface area contributed by atoms with E-state index in [4.69, 9.17) is 27.5 Å². The van der Waals surface area contributed by atoms with Crippen molar-refractivity contribution in [2.45, 2.75) is 32.7 Å². The molecule has 3 amide bonds. The number of fused-ring (bicyclic) bond motifs is 2. The first-order chi connectivity index (χ1) is 19.3. The smallest absolute Gasteiger partial charge is 0.412 e. The Morgan fingerprint density at radius 1 is 1.00 bits per heavy atom. The van der Waals surface area contributed by atoms with Gasteiger partial charge in [-0.15, -0.1) is 0 Å². The van der Waals surface area contributed by atoms with Crippen LogP contribution >= 0.6 is 11.6 Å². The minimum Gasteiger partial charge on any atom is -0.465 e. The number of carbonyl (C=O) groups excluding carboxylic acids is 2. The van der Waals surface area contributed by atoms with Gasteiger partial charge in [-0.3, -0.25) is 14.5 Å². The predicted molar refractivity (Wildman–Crippen MR) is 156 cm³/mol. The Labute approximate surface area is 238 Å². The predicted octanol–water partition coefficient (Wildman–Crippen LogP) is 4.60. The second kappa shape index (κ2) is 13.0. The van der Waals surface area contributed by atoms with Crippen molar-refractivity contribution in [1.29, 1.82) is 0 Å². The lowest BCUT2D eigenvalue weighted by molar-refractivity contribution is -0.117. The Morgan fingerprint density at radius 2 is 1.75 bits per heavy atom. The molecular formula is C30H33ClN4O5. The van der Waals surface area contributed by atoms with E-state index in [9.17, 15) is 14.4 Å². The number of hydrogen-bond acceptors (Lipinski definition) is 5. The molecule has 0 aromatic heterocycles. The number of β-amino-alcohol motifs (C(OH)–C–C–N with tert-alkyl or cyclic N) is 1. The highest BCUT2D eigenvalue weighted by Gasteiger charge is 2.33. The third-order valence-corrected chi connectivity index (χ3v) is 7.39. The van der Waals surface area contributed by atoms with Crippen molar-refractivity contribution in [2.75, 3.05) is 40.9 Å². The van der Waals surface area contributed by atoms with E-state index in [2.05, 4.69) is 12.1 Å². The van der Waals surface area contributed by atoms with Crippen molar-refractivity contribution in [2.24, 2.45) is 5.73 Å². The highest BCUT2D eigenvalue weighted by atomic mass is 35.5. The highest BCUT2D eigenvalue weighted by Crippen LogP contribution is 2.39. The highest BCUT2D eigenvalue weighted by molar-refractivity contribution is 6.35. The van der Waals surface area contributed by atoms with Gasteiger partial charge in [-0.2, -0.15) is 0 Å². The SMILES string of the molecule is Cc1cc(C(=O)N2CCCCc3ccccc32)ccc1CN.O=C1CN(C(=O)O)c2c(Cl)cccc2N1CCO. The minimum absolute atomic E-state index is 0.0843. The zero-order valence-corrected chi connectivity index (χ0v) is 23.1. The van der Waals surface area contributed by atoms with Crippen LogP contribution in [-0.4, -0.2) is 54.4 Å². The fraction of sp³-hybridized carbons (Fsp3) is 0.300. The lowest BCUT2D eigenvalue weighted by atomic mass is 10.0. The lowest BCUT2D eigenvalue weighted by Crippen LogP contribution is -2.48. The van der Waals surface area contributed by atoms with Crippen molar-refractivity contribution in [1.82, 2.24) is 0 Å². The summed E-state index contributed by atoms with van der Waals surface area (Å²) in [6.45, 7) is 2.91. The number of nitrogens with two attached hydrogens (primary N) is 1. The molecule has 5 rings (SSSR count). The molecule has 0 fully saturated rings. The maximum atomic E-state index is 13.0. The van der Waals surface area contributed by atoms with E-state index in [-0.39, 0.29) is 42.2 Å². The number of aliphatic hydroxyl groups excluding tert-OH is 1. The Morgan fingerprint density at radius 3 is 2.45 bits per heavy atom. The zero-order valence-electron chi connectivity index (χ0n) is 22.3. The van der Waals surface area contributed by atoms with Crippen LogP contribution in [0.5, 0.6) is 0 Å². The van der Waals surface area contributed by atoms with Crippen LogP contribution in [0.3, 0.4) is 0 Å². The Kier molecular flexibility index (Phi) is 9.42. The van der Waals surface area contributed by atoms with Crippen LogP contribution in [0.25, 0.3) is 0 Å². The van der Waals surface area contributed by atoms with Crippen LogP contribution < -0.4 is 20.4 Å². The number of halogens is 1. The molecular weight excluding hydrogens is 532 g/mol. The van der Waals surface area contributed by atoms with Gasteiger partial charge in [0.2, 0.25) is 5.91 Å². The molecule has 0 saturated heterocycles. The summed E-state index contributed by atoms with van der Waals surface area (Å²) in [5, 5.41) is 18.3. The van der Waals surface area contributed by atoms with Crippen molar-refractivity contribution < 1.29 is 24.6 Å². The zero-order chi connectivity index (χ0) is 28.8. The summed E-state index contributed by atoms with van der Waals surface area (Å²) in [6.07, 6.45) is 1.98. The van der Waals surface area contributed by atoms with E-state index in [0.717, 1.165) is 53.1 Å². The summed E-state index contributed by atoms with van der Waals surface area (Å²) in [6, 6.07) is 18.8. The van der Waals surface area contributed by atoms with Crippen molar-refractivity contribution in [3.63, 3.8) is 0 Å². The van der Waals surface area contributed by atoms with Gasteiger partial charge in [0.15, 0.2) is 0 Å². The second-order valence-electron chi connectivity index (χ2n) is 9.63. The number of carbonyl (C=O) groups is 3. The van der Waals surface area contributed by atoms with Gasteiger partial charge in [-0.1, -0.05) is 41.9 Å². The molecule has 0 aliphatic carbocycles. The summed E-state index contributed by atoms with van der Waals surface area (Å²) >= 11 is 5.99. The fourth-order valence-electron chi connectivity index (χ4n) is 5.05. The Bertz CT molecular complexity index is 1410. The molecule has 0 spiro atoms. The molecule has 210 valence electrons. The quantitative estimate of drug-likeness (QED) is 0.425. The molecule has 2 aliphatic rings. The lowest BCUT2D eigenvalue weighted by Gasteiger charge is -2.34. The largest absolute Gasteiger partial charge is 0.465 e. The molecule has 0 bridgehead atoms. The number of aliphatic hydroxyl groups is 1. The van der Waals surface area contributed by atoms with Crippen molar-refractivity contribution in [3.05, 3.63) is 87.9 Å². The first-order valence-corrected chi connectivity index (χ1v) is 13.5. The Balaban J connectivity index is 0.000000189. The number of nitrogens with zero attached hydrogens (tertiary/aromatic N) is 3. The van der Waals surface area contributed by atoms with Gasteiger partial charge in [0, 0.05) is 30.9 Å². The first kappa shape index (κ1) is 29.1. The molecule has 4 N–H and O–H groups in total. The van der Waals surface area contributed by atoms with Gasteiger partial charge >= 0.3 is 6.09 Å². The Hall–Kier alpha value is -3.92. The van der Waals surface area contributed by atoms with Gasteiger partial charge < -0.3 is 25.7 Å². The van der Waals surface area contributed by atoms with Crippen LogP contribution in [0.2, 0.25) is 5.02 Å². The third-order valence-electron chi connectivity index (χ3n) is 7.09. The van der Waals surface area contributed by atoms with Gasteiger partial charge in [0.25, 0.3) is 5.91 Å². The number of hydrogen-bond donors (Lipinski definition) is 3. The average molecular weight is 565 g/mol. The normalized spacial score (nSPS) is 14.5. The van der Waals surface area contributed by atoms with Crippen molar-refractivity contribution in [3.8, 4) is 0 Å². The molecule has 0 unspecified atom stereocenters.